The Morgan fingerprint density at radius 2 is 2.33 bits per heavy atom. The van der Waals surface area contributed by atoms with Gasteiger partial charge in [0.05, 0.1) is 12.2 Å². The van der Waals surface area contributed by atoms with Crippen LogP contribution in [-0.4, -0.2) is 49.0 Å². The number of hydrogen-bond donors (Lipinski definition) is 1. The van der Waals surface area contributed by atoms with Crippen molar-refractivity contribution in [1.29, 1.82) is 0 Å². The summed E-state index contributed by atoms with van der Waals surface area (Å²) >= 11 is 0. The molecule has 1 rings (SSSR count). The topological polar surface area (TPSA) is 32.7 Å². The van der Waals surface area contributed by atoms with E-state index in [0.717, 1.165) is 26.1 Å². The van der Waals surface area contributed by atoms with Gasteiger partial charge in [-0.2, -0.15) is 0 Å². The number of ether oxygens (including phenoxy) is 1. The van der Waals surface area contributed by atoms with Crippen LogP contribution in [0.2, 0.25) is 0 Å². The lowest BCUT2D eigenvalue weighted by atomic mass is 10.0. The molecule has 0 spiro atoms. The molecule has 1 unspecified atom stereocenters. The quantitative estimate of drug-likeness (QED) is 0.671. The van der Waals surface area contributed by atoms with Crippen LogP contribution in [0.15, 0.2) is 0 Å². The molecule has 1 fully saturated rings. The number of aliphatic hydroxyl groups is 1. The molecule has 0 bridgehead atoms. The van der Waals surface area contributed by atoms with E-state index >= 15 is 0 Å². The van der Waals surface area contributed by atoms with Gasteiger partial charge in [-0.05, 0) is 26.8 Å². The molecule has 0 radical (unpaired) electrons. The third-order valence-corrected chi connectivity index (χ3v) is 2.39. The molecule has 0 amide bonds. The smallest absolute Gasteiger partial charge is 0.0781 e. The average molecular weight is 173 g/mol. The van der Waals surface area contributed by atoms with Gasteiger partial charge in [-0.1, -0.05) is 0 Å². The Hall–Kier alpha value is -0.120. The lowest BCUT2D eigenvalue weighted by Gasteiger charge is -2.28. The van der Waals surface area contributed by atoms with Crippen molar-refractivity contribution in [3.63, 3.8) is 0 Å². The van der Waals surface area contributed by atoms with E-state index in [9.17, 15) is 0 Å². The van der Waals surface area contributed by atoms with E-state index in [-0.39, 0.29) is 12.2 Å². The summed E-state index contributed by atoms with van der Waals surface area (Å²) in [5, 5.41) is 8.71. The molecule has 0 aromatic heterocycles. The molecule has 0 saturated carbocycles. The van der Waals surface area contributed by atoms with E-state index in [0.29, 0.717) is 0 Å². The zero-order valence-electron chi connectivity index (χ0n) is 8.05. The third kappa shape index (κ3) is 2.73. The fourth-order valence-electron chi connectivity index (χ4n) is 1.78. The molecule has 12 heavy (non-hydrogen) atoms. The highest BCUT2D eigenvalue weighted by atomic mass is 16.5. The Morgan fingerprint density at radius 1 is 1.58 bits per heavy atom. The second kappa shape index (κ2) is 4.21. The van der Waals surface area contributed by atoms with Crippen LogP contribution in [0.1, 0.15) is 19.8 Å². The Morgan fingerprint density at radius 3 is 2.83 bits per heavy atom. The number of likely N-dealkylation sites (N-methyl/N-ethyl adjacent to an activating group) is 1. The first-order valence-corrected chi connectivity index (χ1v) is 4.60. The van der Waals surface area contributed by atoms with Crippen molar-refractivity contribution in [3.8, 4) is 0 Å². The molecular weight excluding hydrogens is 154 g/mol. The van der Waals surface area contributed by atoms with Gasteiger partial charge < -0.3 is 14.7 Å². The minimum atomic E-state index is 0.0317. The minimum Gasteiger partial charge on any atom is -0.395 e. The first kappa shape index (κ1) is 9.96. The maximum absolute atomic E-state index is 8.71. The summed E-state index contributed by atoms with van der Waals surface area (Å²) < 4.78 is 5.63. The maximum Gasteiger partial charge on any atom is 0.0781 e. The zero-order chi connectivity index (χ0) is 9.03. The van der Waals surface area contributed by atoms with Crippen molar-refractivity contribution < 1.29 is 9.84 Å². The average Bonchev–Trinajstić information content (AvgIpc) is 2.36. The Bertz CT molecular complexity index is 132. The molecular formula is C9H19NO2. The predicted octanol–water partition coefficient (Wildman–Crippen LogP) is 0.480. The van der Waals surface area contributed by atoms with Gasteiger partial charge in [0.1, 0.15) is 0 Å². The van der Waals surface area contributed by atoms with Gasteiger partial charge in [0.25, 0.3) is 0 Å². The summed E-state index contributed by atoms with van der Waals surface area (Å²) in [5.74, 6) is 0. The molecule has 0 aromatic rings. The molecule has 1 aliphatic heterocycles. The first-order valence-electron chi connectivity index (χ1n) is 4.60. The van der Waals surface area contributed by atoms with E-state index in [2.05, 4.69) is 11.8 Å². The first-order chi connectivity index (χ1) is 5.66. The molecule has 1 aliphatic rings. The van der Waals surface area contributed by atoms with Crippen molar-refractivity contribution in [2.75, 3.05) is 33.4 Å². The van der Waals surface area contributed by atoms with Crippen molar-refractivity contribution in [1.82, 2.24) is 4.90 Å². The summed E-state index contributed by atoms with van der Waals surface area (Å²) in [6, 6.07) is 0. The predicted molar refractivity (Wildman–Crippen MR) is 48.2 cm³/mol. The van der Waals surface area contributed by atoms with Crippen LogP contribution in [-0.2, 0) is 4.74 Å². The lowest BCUT2D eigenvalue weighted by molar-refractivity contribution is -0.00576. The number of nitrogens with zero attached hydrogens (tertiary/aromatic N) is 1. The zero-order valence-corrected chi connectivity index (χ0v) is 8.05. The Labute approximate surface area is 74.3 Å². The third-order valence-electron chi connectivity index (χ3n) is 2.39. The monoisotopic (exact) mass is 173 g/mol. The fraction of sp³-hybridized carbons (Fsp3) is 1.00. The highest BCUT2D eigenvalue weighted by molar-refractivity contribution is 4.82. The molecule has 1 N–H and O–H groups in total. The normalized spacial score (nSPS) is 30.0. The van der Waals surface area contributed by atoms with Crippen LogP contribution in [0, 0.1) is 0 Å². The maximum atomic E-state index is 8.71. The van der Waals surface area contributed by atoms with Crippen molar-refractivity contribution in [2.24, 2.45) is 0 Å². The molecule has 3 heteroatoms. The van der Waals surface area contributed by atoms with E-state index in [1.54, 1.807) is 0 Å². The highest BCUT2D eigenvalue weighted by Crippen LogP contribution is 2.25. The standard InChI is InChI=1S/C9H19NO2/c1-9(4-3-7-12-9)8-10(2)5-6-11/h11H,3-8H2,1-2H3. The molecule has 72 valence electrons. The molecule has 1 atom stereocenters. The van der Waals surface area contributed by atoms with Gasteiger partial charge in [-0.3, -0.25) is 0 Å². The summed E-state index contributed by atoms with van der Waals surface area (Å²) in [6.07, 6.45) is 2.31. The molecule has 0 aliphatic carbocycles. The minimum absolute atomic E-state index is 0.0317. The molecule has 3 nitrogen and oxygen atoms in total. The molecule has 1 saturated heterocycles. The van der Waals surface area contributed by atoms with Gasteiger partial charge in [-0.25, -0.2) is 0 Å². The van der Waals surface area contributed by atoms with E-state index < -0.39 is 0 Å². The lowest BCUT2D eigenvalue weighted by Crippen LogP contribution is -2.39. The van der Waals surface area contributed by atoms with Crippen molar-refractivity contribution in [3.05, 3.63) is 0 Å². The summed E-state index contributed by atoms with van der Waals surface area (Å²) in [6.45, 7) is 4.93. The van der Waals surface area contributed by atoms with Gasteiger partial charge >= 0.3 is 0 Å². The van der Waals surface area contributed by atoms with Crippen LogP contribution in [0.3, 0.4) is 0 Å². The van der Waals surface area contributed by atoms with Crippen LogP contribution in [0.25, 0.3) is 0 Å². The second-order valence-electron chi connectivity index (χ2n) is 3.86. The van der Waals surface area contributed by atoms with E-state index in [1.165, 1.54) is 6.42 Å². The SMILES string of the molecule is CN(CCO)CC1(C)CCCO1. The van der Waals surface area contributed by atoms with Crippen molar-refractivity contribution >= 4 is 0 Å². The fourth-order valence-corrected chi connectivity index (χ4v) is 1.78. The molecule has 1 heterocycles. The Kier molecular flexibility index (Phi) is 3.50. The number of rotatable bonds is 4. The summed E-state index contributed by atoms with van der Waals surface area (Å²) in [7, 11) is 2.02. The number of hydrogen-bond acceptors (Lipinski definition) is 3. The van der Waals surface area contributed by atoms with Gasteiger partial charge in [-0.15, -0.1) is 0 Å². The van der Waals surface area contributed by atoms with E-state index in [1.807, 2.05) is 7.05 Å². The van der Waals surface area contributed by atoms with Crippen LogP contribution >= 0.6 is 0 Å². The van der Waals surface area contributed by atoms with Crippen LogP contribution in [0.4, 0.5) is 0 Å². The number of aliphatic hydroxyl groups excluding tert-OH is 1. The van der Waals surface area contributed by atoms with Gasteiger partial charge in [0, 0.05) is 19.7 Å². The van der Waals surface area contributed by atoms with E-state index in [4.69, 9.17) is 9.84 Å². The summed E-state index contributed by atoms with van der Waals surface area (Å²) in [4.78, 5) is 2.12. The highest BCUT2D eigenvalue weighted by Gasteiger charge is 2.30. The van der Waals surface area contributed by atoms with Crippen LogP contribution in [0.5, 0.6) is 0 Å². The second-order valence-corrected chi connectivity index (χ2v) is 3.86. The van der Waals surface area contributed by atoms with Gasteiger partial charge in [0.2, 0.25) is 0 Å². The van der Waals surface area contributed by atoms with Crippen molar-refractivity contribution in [2.45, 2.75) is 25.4 Å². The van der Waals surface area contributed by atoms with Gasteiger partial charge in [0.15, 0.2) is 0 Å². The summed E-state index contributed by atoms with van der Waals surface area (Å²) in [5.41, 5.74) is 0.0317. The molecule has 0 aromatic carbocycles. The largest absolute Gasteiger partial charge is 0.395 e. The van der Waals surface area contributed by atoms with Crippen LogP contribution < -0.4 is 0 Å². The Balaban J connectivity index is 2.28.